The Kier molecular flexibility index (Phi) is 7.57. The molecule has 0 unspecified atom stereocenters. The van der Waals surface area contributed by atoms with Gasteiger partial charge in [0.2, 0.25) is 9.84 Å². The molecule has 2 aromatic carbocycles. The van der Waals surface area contributed by atoms with Gasteiger partial charge in [-0.3, -0.25) is 4.79 Å². The van der Waals surface area contributed by atoms with Gasteiger partial charge in [0.25, 0.3) is 0 Å². The van der Waals surface area contributed by atoms with Crippen LogP contribution in [0.2, 0.25) is 0 Å². The van der Waals surface area contributed by atoms with Crippen molar-refractivity contribution in [1.29, 1.82) is 0 Å². The van der Waals surface area contributed by atoms with Gasteiger partial charge in [0.05, 0.1) is 17.9 Å². The average Bonchev–Trinajstić information content (AvgIpc) is 3.13. The smallest absolute Gasteiger partial charge is 0.494 e. The molecule has 0 radical (unpaired) electrons. The number of carbonyl (C=O) groups is 1. The minimum Gasteiger partial charge on any atom is -0.494 e. The molecule has 0 saturated heterocycles. The van der Waals surface area contributed by atoms with Crippen LogP contribution in [0.3, 0.4) is 0 Å². The maximum Gasteiger partial charge on any atom is 0.573 e. The third kappa shape index (κ3) is 6.29. The third-order valence-corrected chi connectivity index (χ3v) is 7.89. The van der Waals surface area contributed by atoms with Gasteiger partial charge in [-0.15, -0.1) is 24.5 Å². The number of thiophene rings is 1. The molecular formula is C23H21F3O6S2. The number of carboxylic acid groups (broad SMARTS) is 1. The van der Waals surface area contributed by atoms with Gasteiger partial charge >= 0.3 is 12.3 Å². The van der Waals surface area contributed by atoms with Crippen molar-refractivity contribution in [2.24, 2.45) is 0 Å². The van der Waals surface area contributed by atoms with Crippen LogP contribution in [0.25, 0.3) is 11.1 Å². The highest BCUT2D eigenvalue weighted by Crippen LogP contribution is 2.38. The maximum atomic E-state index is 13.4. The molecule has 1 N–H and O–H groups in total. The molecule has 11 heteroatoms. The van der Waals surface area contributed by atoms with Gasteiger partial charge in [0.1, 0.15) is 15.7 Å². The number of halogens is 3. The van der Waals surface area contributed by atoms with E-state index in [9.17, 15) is 26.4 Å². The Balaban J connectivity index is 1.97. The first-order valence-corrected chi connectivity index (χ1v) is 12.4. The number of aryl methyl sites for hydroxylation is 1. The molecule has 0 aliphatic rings. The largest absolute Gasteiger partial charge is 0.573 e. The SMILES string of the molecule is CCCOc1cc(CC(=O)O)cc(S(=O)(=O)c2cc(-c3ccc(OC(F)(F)F)cc3)c(C)s2)c1. The quantitative estimate of drug-likeness (QED) is 0.384. The fourth-order valence-electron chi connectivity index (χ4n) is 3.19. The van der Waals surface area contributed by atoms with Crippen molar-refractivity contribution in [2.75, 3.05) is 6.61 Å². The summed E-state index contributed by atoms with van der Waals surface area (Å²) < 4.78 is 73.3. The van der Waals surface area contributed by atoms with E-state index in [0.717, 1.165) is 23.5 Å². The van der Waals surface area contributed by atoms with Crippen molar-refractivity contribution < 1.29 is 41.0 Å². The zero-order valence-electron chi connectivity index (χ0n) is 18.2. The summed E-state index contributed by atoms with van der Waals surface area (Å²) in [5.41, 5.74) is 1.36. The summed E-state index contributed by atoms with van der Waals surface area (Å²) in [7, 11) is -4.01. The zero-order valence-corrected chi connectivity index (χ0v) is 19.8. The molecule has 0 atom stereocenters. The summed E-state index contributed by atoms with van der Waals surface area (Å²) in [4.78, 5) is 11.7. The molecule has 0 saturated carbocycles. The number of rotatable bonds is 9. The summed E-state index contributed by atoms with van der Waals surface area (Å²) in [5, 5.41) is 9.13. The molecular weight excluding hydrogens is 493 g/mol. The number of ether oxygens (including phenoxy) is 2. The van der Waals surface area contributed by atoms with Crippen LogP contribution >= 0.6 is 11.3 Å². The number of benzene rings is 2. The third-order valence-electron chi connectivity index (χ3n) is 4.64. The summed E-state index contributed by atoms with van der Waals surface area (Å²) in [6.45, 7) is 3.93. The van der Waals surface area contributed by atoms with E-state index in [-0.39, 0.29) is 32.6 Å². The van der Waals surface area contributed by atoms with E-state index in [2.05, 4.69) is 4.74 Å². The zero-order chi connectivity index (χ0) is 25.1. The van der Waals surface area contributed by atoms with Crippen molar-refractivity contribution in [3.05, 3.63) is 59.0 Å². The first-order chi connectivity index (χ1) is 15.9. The number of sulfone groups is 1. The predicted octanol–water partition coefficient (Wildman–Crippen LogP) is 5.87. The van der Waals surface area contributed by atoms with Gasteiger partial charge in [0.15, 0.2) is 0 Å². The van der Waals surface area contributed by atoms with Gasteiger partial charge in [0, 0.05) is 4.88 Å². The summed E-state index contributed by atoms with van der Waals surface area (Å²) >= 11 is 1.01. The highest BCUT2D eigenvalue weighted by Gasteiger charge is 2.31. The Labute approximate surface area is 198 Å². The first-order valence-electron chi connectivity index (χ1n) is 10.1. The van der Waals surface area contributed by atoms with Gasteiger partial charge in [-0.25, -0.2) is 8.42 Å². The van der Waals surface area contributed by atoms with E-state index in [1.165, 1.54) is 36.4 Å². The summed E-state index contributed by atoms with van der Waals surface area (Å²) in [5.74, 6) is -1.23. The average molecular weight is 515 g/mol. The molecule has 34 heavy (non-hydrogen) atoms. The van der Waals surface area contributed by atoms with E-state index in [1.807, 2.05) is 6.92 Å². The second-order valence-corrected chi connectivity index (χ2v) is 10.8. The standard InChI is InChI=1S/C23H21F3O6S2/c1-3-8-31-18-9-15(11-21(27)28)10-19(12-18)34(29,30)22-13-20(14(2)33-22)16-4-6-17(7-5-16)32-23(24,25)26/h4-7,9-10,12-13H,3,8,11H2,1-2H3,(H,27,28). The molecule has 3 rings (SSSR count). The van der Waals surface area contributed by atoms with Gasteiger partial charge in [-0.05, 0) is 66.4 Å². The van der Waals surface area contributed by atoms with Crippen LogP contribution in [-0.2, 0) is 21.1 Å². The van der Waals surface area contributed by atoms with Crippen LogP contribution in [0, 0.1) is 6.92 Å². The fraction of sp³-hybridized carbons (Fsp3) is 0.261. The van der Waals surface area contributed by atoms with Crippen molar-refractivity contribution in [3.63, 3.8) is 0 Å². The van der Waals surface area contributed by atoms with Crippen molar-refractivity contribution in [2.45, 2.75) is 42.2 Å². The lowest BCUT2D eigenvalue weighted by Gasteiger charge is -2.10. The molecule has 6 nitrogen and oxygen atoms in total. The van der Waals surface area contributed by atoms with Gasteiger partial charge in [-0.1, -0.05) is 19.1 Å². The lowest BCUT2D eigenvalue weighted by atomic mass is 10.1. The maximum absolute atomic E-state index is 13.4. The Morgan fingerprint density at radius 3 is 2.32 bits per heavy atom. The molecule has 1 aromatic heterocycles. The Bertz CT molecular complexity index is 1280. The Hall–Kier alpha value is -3.05. The van der Waals surface area contributed by atoms with Crippen molar-refractivity contribution in [3.8, 4) is 22.6 Å². The first kappa shape index (κ1) is 25.6. The topological polar surface area (TPSA) is 89.9 Å². The predicted molar refractivity (Wildman–Crippen MR) is 120 cm³/mol. The van der Waals surface area contributed by atoms with Gasteiger partial charge < -0.3 is 14.6 Å². The summed E-state index contributed by atoms with van der Waals surface area (Å²) in [6.07, 6.45) is -4.49. The number of hydrogen-bond acceptors (Lipinski definition) is 6. The van der Waals surface area contributed by atoms with Crippen molar-refractivity contribution >= 4 is 27.1 Å². The number of carboxylic acids is 1. The molecule has 0 fully saturated rings. The monoisotopic (exact) mass is 514 g/mol. The second kappa shape index (κ2) is 10.1. The van der Waals surface area contributed by atoms with E-state index >= 15 is 0 Å². The number of alkyl halides is 3. The summed E-state index contributed by atoms with van der Waals surface area (Å²) in [6, 6.07) is 10.7. The molecule has 0 spiro atoms. The van der Waals surface area contributed by atoms with Gasteiger partial charge in [-0.2, -0.15) is 0 Å². The van der Waals surface area contributed by atoms with Crippen molar-refractivity contribution in [1.82, 2.24) is 0 Å². The van der Waals surface area contributed by atoms with E-state index in [0.29, 0.717) is 29.0 Å². The molecule has 3 aromatic rings. The molecule has 0 aliphatic carbocycles. The molecule has 182 valence electrons. The number of aliphatic carboxylic acids is 1. The highest BCUT2D eigenvalue weighted by molar-refractivity contribution is 7.93. The molecule has 1 heterocycles. The molecule has 0 bridgehead atoms. The second-order valence-electron chi connectivity index (χ2n) is 7.34. The van der Waals surface area contributed by atoms with E-state index in [1.54, 1.807) is 6.92 Å². The molecule has 0 aliphatic heterocycles. The Morgan fingerprint density at radius 2 is 1.74 bits per heavy atom. The van der Waals surface area contributed by atoms with Crippen LogP contribution in [0.1, 0.15) is 23.8 Å². The minimum atomic E-state index is -4.81. The van der Waals surface area contributed by atoms with Crippen LogP contribution in [0.15, 0.2) is 57.6 Å². The Morgan fingerprint density at radius 1 is 1.06 bits per heavy atom. The van der Waals surface area contributed by atoms with Crippen LogP contribution in [-0.4, -0.2) is 32.5 Å². The van der Waals surface area contributed by atoms with Crippen LogP contribution < -0.4 is 9.47 Å². The fourth-order valence-corrected chi connectivity index (χ4v) is 6.14. The molecule has 0 amide bonds. The highest BCUT2D eigenvalue weighted by atomic mass is 32.2. The van der Waals surface area contributed by atoms with E-state index in [4.69, 9.17) is 9.84 Å². The normalized spacial score (nSPS) is 11.9. The van der Waals surface area contributed by atoms with Crippen LogP contribution in [0.4, 0.5) is 13.2 Å². The number of hydrogen-bond donors (Lipinski definition) is 1. The lowest BCUT2D eigenvalue weighted by molar-refractivity contribution is -0.274. The minimum absolute atomic E-state index is 0.0181. The van der Waals surface area contributed by atoms with Crippen LogP contribution in [0.5, 0.6) is 11.5 Å². The van der Waals surface area contributed by atoms with E-state index < -0.39 is 22.2 Å². The lowest BCUT2D eigenvalue weighted by Crippen LogP contribution is -2.16.